The fraction of sp³-hybridized carbons (Fsp3) is 0.222. The molecule has 0 bridgehead atoms. The summed E-state index contributed by atoms with van der Waals surface area (Å²) in [5, 5.41) is 3.25. The molecule has 15 heavy (non-hydrogen) atoms. The Labute approximate surface area is 104 Å². The normalized spacial score (nSPS) is 10.5. The molecule has 2 aromatic heterocycles. The molecule has 0 aliphatic rings. The molecule has 0 saturated carbocycles. The SMILES string of the molecule is CN(Cc1cccs1)c1ssc(=O)c1Cl. The van der Waals surface area contributed by atoms with E-state index < -0.39 is 0 Å². The van der Waals surface area contributed by atoms with E-state index in [2.05, 4.69) is 6.07 Å². The smallest absolute Gasteiger partial charge is 0.263 e. The highest BCUT2D eigenvalue weighted by Gasteiger charge is 2.12. The van der Waals surface area contributed by atoms with Gasteiger partial charge in [-0.05, 0) is 21.8 Å². The largest absolute Gasteiger partial charge is 0.359 e. The lowest BCUT2D eigenvalue weighted by molar-refractivity contribution is 0.953. The molecule has 80 valence electrons. The molecule has 2 aromatic rings. The van der Waals surface area contributed by atoms with Crippen LogP contribution in [0, 0.1) is 0 Å². The summed E-state index contributed by atoms with van der Waals surface area (Å²) in [5.74, 6) is 0. The van der Waals surface area contributed by atoms with Crippen molar-refractivity contribution in [1.82, 2.24) is 0 Å². The van der Waals surface area contributed by atoms with E-state index in [4.69, 9.17) is 11.6 Å². The summed E-state index contributed by atoms with van der Waals surface area (Å²) in [6.45, 7) is 0.796. The van der Waals surface area contributed by atoms with Crippen LogP contribution < -0.4 is 9.64 Å². The first kappa shape index (κ1) is 11.1. The van der Waals surface area contributed by atoms with Gasteiger partial charge in [-0.1, -0.05) is 28.0 Å². The average Bonchev–Trinajstić information content (AvgIpc) is 2.79. The molecule has 0 aromatic carbocycles. The molecular weight excluding hydrogens is 270 g/mol. The van der Waals surface area contributed by atoms with Gasteiger partial charge in [0, 0.05) is 11.9 Å². The predicted octanol–water partition coefficient (Wildman–Crippen LogP) is 3.52. The van der Waals surface area contributed by atoms with Crippen molar-refractivity contribution >= 4 is 48.6 Å². The molecule has 2 rings (SSSR count). The second-order valence-electron chi connectivity index (χ2n) is 3.01. The van der Waals surface area contributed by atoms with E-state index in [0.29, 0.717) is 5.02 Å². The molecule has 6 heteroatoms. The number of rotatable bonds is 3. The third kappa shape index (κ3) is 2.42. The second-order valence-corrected chi connectivity index (χ2v) is 6.51. The molecule has 0 aliphatic carbocycles. The zero-order valence-electron chi connectivity index (χ0n) is 7.90. The molecular formula is C9H8ClNOS3. The van der Waals surface area contributed by atoms with Crippen LogP contribution in [-0.4, -0.2) is 7.05 Å². The van der Waals surface area contributed by atoms with E-state index in [1.165, 1.54) is 25.6 Å². The van der Waals surface area contributed by atoms with Crippen LogP contribution >= 0.6 is 43.6 Å². The molecule has 0 amide bonds. The molecule has 0 atom stereocenters. The van der Waals surface area contributed by atoms with Crippen molar-refractivity contribution in [3.05, 3.63) is 36.9 Å². The van der Waals surface area contributed by atoms with Gasteiger partial charge in [0.25, 0.3) is 4.74 Å². The lowest BCUT2D eigenvalue weighted by Crippen LogP contribution is -2.15. The maximum absolute atomic E-state index is 11.2. The van der Waals surface area contributed by atoms with Crippen LogP contribution in [0.25, 0.3) is 0 Å². The number of hydrogen-bond acceptors (Lipinski definition) is 5. The zero-order valence-corrected chi connectivity index (χ0v) is 11.1. The van der Waals surface area contributed by atoms with E-state index in [0.717, 1.165) is 11.5 Å². The quantitative estimate of drug-likeness (QED) is 0.800. The molecule has 0 N–H and O–H groups in total. The van der Waals surface area contributed by atoms with Gasteiger partial charge in [0.2, 0.25) is 0 Å². The van der Waals surface area contributed by atoms with Gasteiger partial charge in [0.1, 0.15) is 10.0 Å². The molecule has 0 aliphatic heterocycles. The summed E-state index contributed by atoms with van der Waals surface area (Å²) < 4.78 is -0.0466. The molecule has 0 fully saturated rings. The fourth-order valence-electron chi connectivity index (χ4n) is 1.18. The topological polar surface area (TPSA) is 20.3 Å². The monoisotopic (exact) mass is 277 g/mol. The van der Waals surface area contributed by atoms with Crippen molar-refractivity contribution in [3.8, 4) is 0 Å². The average molecular weight is 278 g/mol. The summed E-state index contributed by atoms with van der Waals surface area (Å²) in [5.41, 5.74) is 0. The van der Waals surface area contributed by atoms with Gasteiger partial charge < -0.3 is 4.90 Å². The van der Waals surface area contributed by atoms with Gasteiger partial charge >= 0.3 is 0 Å². The first-order valence-electron chi connectivity index (χ1n) is 4.20. The Morgan fingerprint density at radius 3 is 2.80 bits per heavy atom. The van der Waals surface area contributed by atoms with Crippen molar-refractivity contribution in [3.63, 3.8) is 0 Å². The van der Waals surface area contributed by atoms with Gasteiger partial charge in [-0.25, -0.2) is 0 Å². The Hall–Kier alpha value is -0.360. The zero-order chi connectivity index (χ0) is 10.8. The highest BCUT2D eigenvalue weighted by Crippen LogP contribution is 2.31. The van der Waals surface area contributed by atoms with Crippen LogP contribution in [0.1, 0.15) is 4.88 Å². The van der Waals surface area contributed by atoms with Crippen LogP contribution in [0.5, 0.6) is 0 Å². The van der Waals surface area contributed by atoms with Gasteiger partial charge in [-0.15, -0.1) is 11.3 Å². The van der Waals surface area contributed by atoms with Crippen LogP contribution in [0.4, 0.5) is 5.00 Å². The van der Waals surface area contributed by atoms with Crippen LogP contribution in [-0.2, 0) is 6.54 Å². The number of halogens is 1. The molecule has 0 spiro atoms. The standard InChI is InChI=1S/C9H8ClNOS3/c1-11(5-6-3-2-4-13-6)8-7(10)9(12)15-14-8/h2-4H,5H2,1H3. The molecule has 0 saturated heterocycles. The fourth-order valence-corrected chi connectivity index (χ4v) is 4.68. The number of hydrogen-bond donors (Lipinski definition) is 0. The van der Waals surface area contributed by atoms with E-state index in [-0.39, 0.29) is 4.74 Å². The van der Waals surface area contributed by atoms with Gasteiger partial charge in [-0.3, -0.25) is 4.79 Å². The highest BCUT2D eigenvalue weighted by atomic mass is 35.5. The Morgan fingerprint density at radius 1 is 1.47 bits per heavy atom. The van der Waals surface area contributed by atoms with Crippen LogP contribution in [0.2, 0.25) is 5.02 Å². The van der Waals surface area contributed by atoms with E-state index >= 15 is 0 Å². The van der Waals surface area contributed by atoms with E-state index in [1.807, 2.05) is 23.4 Å². The number of anilines is 1. The predicted molar refractivity (Wildman–Crippen MR) is 69.9 cm³/mol. The first-order valence-corrected chi connectivity index (χ1v) is 7.61. The first-order chi connectivity index (χ1) is 7.18. The summed E-state index contributed by atoms with van der Waals surface area (Å²) >= 11 is 7.62. The maximum atomic E-state index is 11.2. The molecule has 0 radical (unpaired) electrons. The summed E-state index contributed by atoms with van der Waals surface area (Å²) in [6, 6.07) is 4.09. The van der Waals surface area contributed by atoms with Gasteiger partial charge in [0.15, 0.2) is 0 Å². The molecule has 2 nitrogen and oxygen atoms in total. The Balaban J connectivity index is 2.18. The molecule has 2 heterocycles. The third-order valence-corrected chi connectivity index (χ3v) is 5.61. The lowest BCUT2D eigenvalue weighted by Gasteiger charge is -2.15. The Kier molecular flexibility index (Phi) is 3.45. The third-order valence-electron chi connectivity index (χ3n) is 1.88. The summed E-state index contributed by atoms with van der Waals surface area (Å²) in [4.78, 5) is 14.5. The van der Waals surface area contributed by atoms with E-state index in [9.17, 15) is 4.79 Å². The Morgan fingerprint density at radius 2 is 2.27 bits per heavy atom. The minimum absolute atomic E-state index is 0.0466. The van der Waals surface area contributed by atoms with Crippen molar-refractivity contribution < 1.29 is 0 Å². The van der Waals surface area contributed by atoms with Gasteiger partial charge in [-0.2, -0.15) is 0 Å². The number of nitrogens with zero attached hydrogens (tertiary/aromatic N) is 1. The molecule has 0 unspecified atom stereocenters. The highest BCUT2D eigenvalue weighted by molar-refractivity contribution is 7.70. The van der Waals surface area contributed by atoms with Gasteiger partial charge in [0.05, 0.1) is 6.54 Å². The van der Waals surface area contributed by atoms with Crippen molar-refractivity contribution in [2.24, 2.45) is 0 Å². The van der Waals surface area contributed by atoms with E-state index in [1.54, 1.807) is 11.3 Å². The lowest BCUT2D eigenvalue weighted by atomic mass is 10.4. The summed E-state index contributed by atoms with van der Waals surface area (Å²) in [6.07, 6.45) is 0. The summed E-state index contributed by atoms with van der Waals surface area (Å²) in [7, 11) is 4.57. The van der Waals surface area contributed by atoms with Crippen molar-refractivity contribution in [2.45, 2.75) is 6.54 Å². The second kappa shape index (κ2) is 4.65. The van der Waals surface area contributed by atoms with Crippen molar-refractivity contribution in [1.29, 1.82) is 0 Å². The Bertz CT molecular complexity index is 488. The van der Waals surface area contributed by atoms with Crippen LogP contribution in [0.15, 0.2) is 22.3 Å². The number of thiophene rings is 1. The minimum Gasteiger partial charge on any atom is -0.359 e. The maximum Gasteiger partial charge on any atom is 0.263 e. The minimum atomic E-state index is -0.0466. The van der Waals surface area contributed by atoms with Crippen LogP contribution in [0.3, 0.4) is 0 Å². The van der Waals surface area contributed by atoms with Crippen molar-refractivity contribution in [2.75, 3.05) is 11.9 Å².